The molecule has 6 heteroatoms. The fraction of sp³-hybridized carbons (Fsp3) is 0.875. The molecular formula is C16H31N3O3. The number of piperidine rings is 1. The molecule has 0 aliphatic carbocycles. The molecule has 0 aromatic rings. The maximum atomic E-state index is 12.4. The Balaban J connectivity index is 2.47. The number of nitrogens with zero attached hydrogens (tertiary/aromatic N) is 1. The Morgan fingerprint density at radius 1 is 1.14 bits per heavy atom. The number of rotatable bonds is 4. The van der Waals surface area contributed by atoms with Crippen LogP contribution in [0.2, 0.25) is 0 Å². The molecule has 1 saturated heterocycles. The Kier molecular flexibility index (Phi) is 6.23. The molecule has 2 N–H and O–H groups in total. The highest BCUT2D eigenvalue weighted by atomic mass is 16.6. The van der Waals surface area contributed by atoms with E-state index in [1.807, 2.05) is 0 Å². The van der Waals surface area contributed by atoms with Gasteiger partial charge in [0.1, 0.15) is 11.1 Å². The molecule has 0 radical (unpaired) electrons. The van der Waals surface area contributed by atoms with Gasteiger partial charge in [0.25, 0.3) is 0 Å². The number of carbonyl (C=O) groups is 2. The fourth-order valence-corrected chi connectivity index (χ4v) is 2.37. The lowest BCUT2D eigenvalue weighted by Gasteiger charge is -2.34. The van der Waals surface area contributed by atoms with Gasteiger partial charge in [0.15, 0.2) is 0 Å². The number of amides is 2. The van der Waals surface area contributed by atoms with Crippen molar-refractivity contribution in [3.63, 3.8) is 0 Å². The highest BCUT2D eigenvalue weighted by Crippen LogP contribution is 2.13. The highest BCUT2D eigenvalue weighted by Gasteiger charge is 2.33. The minimum atomic E-state index is -0.996. The SMILES string of the molecule is CCN1CCC(NC(=O)C(C)(C)NC(=O)OC(C)(C)C)CC1. The first kappa shape index (κ1) is 18.7. The Bertz CT molecular complexity index is 394. The smallest absolute Gasteiger partial charge is 0.408 e. The molecule has 128 valence electrons. The number of ether oxygens (including phenoxy) is 1. The number of carbonyl (C=O) groups excluding carboxylic acids is 2. The lowest BCUT2D eigenvalue weighted by atomic mass is 10.0. The summed E-state index contributed by atoms with van der Waals surface area (Å²) < 4.78 is 5.21. The topological polar surface area (TPSA) is 70.7 Å². The molecule has 1 heterocycles. The molecule has 1 aliphatic heterocycles. The Hall–Kier alpha value is -1.30. The molecule has 0 aromatic heterocycles. The van der Waals surface area contributed by atoms with Crippen LogP contribution in [0.3, 0.4) is 0 Å². The molecule has 1 fully saturated rings. The standard InChI is InChI=1S/C16H31N3O3/c1-7-19-10-8-12(9-11-19)17-13(20)16(5,6)18-14(21)22-15(2,3)4/h12H,7-11H2,1-6H3,(H,17,20)(H,18,21). The van der Waals surface area contributed by atoms with Crippen LogP contribution in [0.1, 0.15) is 54.4 Å². The van der Waals surface area contributed by atoms with E-state index in [1.54, 1.807) is 34.6 Å². The Labute approximate surface area is 134 Å². The predicted octanol–water partition coefficient (Wildman–Crippen LogP) is 1.89. The normalized spacial score (nSPS) is 17.9. The van der Waals surface area contributed by atoms with Crippen LogP contribution in [0.25, 0.3) is 0 Å². The first-order valence-corrected chi connectivity index (χ1v) is 8.08. The van der Waals surface area contributed by atoms with Gasteiger partial charge in [-0.1, -0.05) is 6.92 Å². The Morgan fingerprint density at radius 3 is 2.14 bits per heavy atom. The molecule has 22 heavy (non-hydrogen) atoms. The summed E-state index contributed by atoms with van der Waals surface area (Å²) in [4.78, 5) is 26.6. The third-order valence-corrected chi connectivity index (χ3v) is 3.75. The lowest BCUT2D eigenvalue weighted by Crippen LogP contribution is -2.58. The molecule has 0 unspecified atom stereocenters. The van der Waals surface area contributed by atoms with Crippen molar-refractivity contribution in [2.45, 2.75) is 71.6 Å². The van der Waals surface area contributed by atoms with E-state index in [2.05, 4.69) is 22.5 Å². The van der Waals surface area contributed by atoms with Gasteiger partial charge < -0.3 is 20.3 Å². The van der Waals surface area contributed by atoms with Crippen LogP contribution < -0.4 is 10.6 Å². The van der Waals surface area contributed by atoms with Crippen LogP contribution in [0, 0.1) is 0 Å². The van der Waals surface area contributed by atoms with E-state index in [0.717, 1.165) is 32.5 Å². The summed E-state index contributed by atoms with van der Waals surface area (Å²) in [5, 5.41) is 5.67. The second kappa shape index (κ2) is 7.31. The van der Waals surface area contributed by atoms with Crippen molar-refractivity contribution in [1.82, 2.24) is 15.5 Å². The van der Waals surface area contributed by atoms with E-state index in [0.29, 0.717) is 0 Å². The molecule has 0 atom stereocenters. The molecule has 1 rings (SSSR count). The molecule has 6 nitrogen and oxygen atoms in total. The van der Waals surface area contributed by atoms with Crippen molar-refractivity contribution in [3.05, 3.63) is 0 Å². The van der Waals surface area contributed by atoms with Crippen LogP contribution in [0.5, 0.6) is 0 Å². The molecule has 0 spiro atoms. The van der Waals surface area contributed by atoms with Crippen LogP contribution in [-0.2, 0) is 9.53 Å². The number of likely N-dealkylation sites (tertiary alicyclic amines) is 1. The van der Waals surface area contributed by atoms with Crippen molar-refractivity contribution in [3.8, 4) is 0 Å². The number of alkyl carbamates (subject to hydrolysis) is 1. The fourth-order valence-electron chi connectivity index (χ4n) is 2.37. The van der Waals surface area contributed by atoms with E-state index in [1.165, 1.54) is 0 Å². The minimum absolute atomic E-state index is 0.173. The first-order chi connectivity index (χ1) is 10.0. The average Bonchev–Trinajstić information content (AvgIpc) is 2.36. The first-order valence-electron chi connectivity index (χ1n) is 8.08. The molecule has 2 amide bonds. The summed E-state index contributed by atoms with van der Waals surface area (Å²) in [5.74, 6) is -0.173. The summed E-state index contributed by atoms with van der Waals surface area (Å²) in [6, 6.07) is 0.176. The summed E-state index contributed by atoms with van der Waals surface area (Å²) in [6.07, 6.45) is 1.32. The maximum absolute atomic E-state index is 12.4. The second-order valence-corrected chi connectivity index (χ2v) is 7.43. The van der Waals surface area contributed by atoms with E-state index in [9.17, 15) is 9.59 Å². The van der Waals surface area contributed by atoms with Gasteiger partial charge >= 0.3 is 6.09 Å². The average molecular weight is 313 g/mol. The summed E-state index contributed by atoms with van der Waals surface area (Å²) in [6.45, 7) is 14.0. The zero-order valence-electron chi connectivity index (χ0n) is 14.8. The third kappa shape index (κ3) is 6.22. The predicted molar refractivity (Wildman–Crippen MR) is 86.7 cm³/mol. The van der Waals surface area contributed by atoms with Gasteiger partial charge in [-0.25, -0.2) is 4.79 Å². The van der Waals surface area contributed by atoms with Gasteiger partial charge in [0.05, 0.1) is 0 Å². The van der Waals surface area contributed by atoms with Crippen molar-refractivity contribution in [2.24, 2.45) is 0 Å². The molecule has 0 aromatic carbocycles. The third-order valence-electron chi connectivity index (χ3n) is 3.75. The van der Waals surface area contributed by atoms with Crippen LogP contribution in [-0.4, -0.2) is 53.7 Å². The van der Waals surface area contributed by atoms with Crippen molar-refractivity contribution in [2.75, 3.05) is 19.6 Å². The van der Waals surface area contributed by atoms with Gasteiger partial charge in [-0.15, -0.1) is 0 Å². The van der Waals surface area contributed by atoms with Gasteiger partial charge in [-0.3, -0.25) is 4.79 Å². The lowest BCUT2D eigenvalue weighted by molar-refractivity contribution is -0.127. The van der Waals surface area contributed by atoms with E-state index >= 15 is 0 Å². The van der Waals surface area contributed by atoms with Crippen molar-refractivity contribution >= 4 is 12.0 Å². The molecular weight excluding hydrogens is 282 g/mol. The van der Waals surface area contributed by atoms with E-state index in [4.69, 9.17) is 4.74 Å². The van der Waals surface area contributed by atoms with Gasteiger partial charge in [-0.2, -0.15) is 0 Å². The Morgan fingerprint density at radius 2 is 1.68 bits per heavy atom. The summed E-state index contributed by atoms with van der Waals surface area (Å²) >= 11 is 0. The monoisotopic (exact) mass is 313 g/mol. The zero-order valence-corrected chi connectivity index (χ0v) is 14.8. The largest absolute Gasteiger partial charge is 0.444 e. The van der Waals surface area contributed by atoms with E-state index in [-0.39, 0.29) is 11.9 Å². The zero-order chi connectivity index (χ0) is 17.0. The van der Waals surface area contributed by atoms with Crippen LogP contribution in [0.15, 0.2) is 0 Å². The minimum Gasteiger partial charge on any atom is -0.444 e. The summed E-state index contributed by atoms with van der Waals surface area (Å²) in [7, 11) is 0. The van der Waals surface area contributed by atoms with Gasteiger partial charge in [0.2, 0.25) is 5.91 Å². The molecule has 1 aliphatic rings. The van der Waals surface area contributed by atoms with Crippen molar-refractivity contribution < 1.29 is 14.3 Å². The number of nitrogens with one attached hydrogen (secondary N) is 2. The number of hydrogen-bond acceptors (Lipinski definition) is 4. The highest BCUT2D eigenvalue weighted by molar-refractivity contribution is 5.89. The van der Waals surface area contributed by atoms with E-state index < -0.39 is 17.2 Å². The number of hydrogen-bond donors (Lipinski definition) is 2. The second-order valence-electron chi connectivity index (χ2n) is 7.43. The van der Waals surface area contributed by atoms with Crippen molar-refractivity contribution in [1.29, 1.82) is 0 Å². The molecule has 0 bridgehead atoms. The maximum Gasteiger partial charge on any atom is 0.408 e. The van der Waals surface area contributed by atoms with Gasteiger partial charge in [0, 0.05) is 19.1 Å². The van der Waals surface area contributed by atoms with Crippen LogP contribution >= 0.6 is 0 Å². The quantitative estimate of drug-likeness (QED) is 0.831. The summed E-state index contributed by atoms with van der Waals surface area (Å²) in [5.41, 5.74) is -1.58. The molecule has 0 saturated carbocycles. The van der Waals surface area contributed by atoms with Crippen LogP contribution in [0.4, 0.5) is 4.79 Å². The van der Waals surface area contributed by atoms with Gasteiger partial charge in [-0.05, 0) is 54.0 Å².